The summed E-state index contributed by atoms with van der Waals surface area (Å²) in [5.74, 6) is -1.39. The van der Waals surface area contributed by atoms with E-state index < -0.39 is 23.1 Å². The molecule has 0 aliphatic rings. The van der Waals surface area contributed by atoms with Crippen molar-refractivity contribution in [2.75, 3.05) is 17.2 Å². The zero-order chi connectivity index (χ0) is 29.8. The summed E-state index contributed by atoms with van der Waals surface area (Å²) in [6.07, 6.45) is 4.49. The first-order valence-electron chi connectivity index (χ1n) is 13.3. The third-order valence-corrected chi connectivity index (χ3v) is 6.45. The molecule has 42 heavy (non-hydrogen) atoms. The first-order chi connectivity index (χ1) is 20.3. The highest BCUT2D eigenvalue weighted by molar-refractivity contribution is 6.04. The Morgan fingerprint density at radius 1 is 1.12 bits per heavy atom. The van der Waals surface area contributed by atoms with Crippen molar-refractivity contribution in [3.63, 3.8) is 0 Å². The summed E-state index contributed by atoms with van der Waals surface area (Å²) in [5.41, 5.74) is 0.935. The molecule has 0 aliphatic heterocycles. The van der Waals surface area contributed by atoms with Crippen molar-refractivity contribution in [2.45, 2.75) is 32.7 Å². The smallest absolute Gasteiger partial charge is 0.267 e. The summed E-state index contributed by atoms with van der Waals surface area (Å²) in [7, 11) is 0. The predicted molar refractivity (Wildman–Crippen MR) is 154 cm³/mol. The fourth-order valence-corrected chi connectivity index (χ4v) is 4.39. The molecule has 0 bridgehead atoms. The molecule has 0 saturated heterocycles. The zero-order valence-electron chi connectivity index (χ0n) is 22.8. The van der Waals surface area contributed by atoms with Crippen LogP contribution in [0.3, 0.4) is 0 Å². The maximum Gasteiger partial charge on any atom is 0.267 e. The van der Waals surface area contributed by atoms with Gasteiger partial charge in [-0.15, -0.1) is 0 Å². The van der Waals surface area contributed by atoms with Crippen molar-refractivity contribution in [3.05, 3.63) is 100 Å². The van der Waals surface area contributed by atoms with E-state index in [1.165, 1.54) is 53.2 Å². The summed E-state index contributed by atoms with van der Waals surface area (Å²) >= 11 is 0. The highest BCUT2D eigenvalue weighted by Crippen LogP contribution is 2.34. The van der Waals surface area contributed by atoms with Crippen molar-refractivity contribution in [2.24, 2.45) is 0 Å². The second kappa shape index (κ2) is 12.2. The Labute approximate surface area is 239 Å². The third-order valence-electron chi connectivity index (χ3n) is 6.45. The highest BCUT2D eigenvalue weighted by Gasteiger charge is 2.19. The summed E-state index contributed by atoms with van der Waals surface area (Å²) in [4.78, 5) is 30.7. The molecule has 10 nitrogen and oxygen atoms in total. The molecular formula is C30H28F2N6O4. The number of fused-ring (bicyclic) bond motifs is 1. The largest absolute Gasteiger partial charge is 0.453 e. The maximum atomic E-state index is 15.2. The van der Waals surface area contributed by atoms with Crippen LogP contribution in [0.4, 0.5) is 20.3 Å². The van der Waals surface area contributed by atoms with Gasteiger partial charge in [-0.1, -0.05) is 13.3 Å². The number of ether oxygens (including phenoxy) is 1. The zero-order valence-corrected chi connectivity index (χ0v) is 22.8. The van der Waals surface area contributed by atoms with Gasteiger partial charge in [-0.2, -0.15) is 5.10 Å². The Morgan fingerprint density at radius 3 is 2.62 bits per heavy atom. The monoisotopic (exact) mass is 574 g/mol. The molecule has 1 amide bonds. The van der Waals surface area contributed by atoms with Gasteiger partial charge in [-0.05, 0) is 61.4 Å². The normalized spacial score (nSPS) is 11.8. The Kier molecular flexibility index (Phi) is 8.25. The van der Waals surface area contributed by atoms with Crippen LogP contribution >= 0.6 is 0 Å². The van der Waals surface area contributed by atoms with Crippen molar-refractivity contribution in [1.29, 1.82) is 0 Å². The molecule has 3 aromatic heterocycles. The number of hydrogen-bond donors (Lipinski definition) is 4. The number of aromatic amines is 1. The number of halogens is 2. The molecule has 0 radical (unpaired) electrons. The highest BCUT2D eigenvalue weighted by atomic mass is 19.1. The van der Waals surface area contributed by atoms with Crippen LogP contribution in [-0.4, -0.2) is 43.4 Å². The van der Waals surface area contributed by atoms with Gasteiger partial charge in [0.1, 0.15) is 22.5 Å². The lowest BCUT2D eigenvalue weighted by Gasteiger charge is -2.13. The number of aliphatic hydroxyl groups excluding tert-OH is 1. The predicted octanol–water partition coefficient (Wildman–Crippen LogP) is 5.18. The molecular weight excluding hydrogens is 546 g/mol. The number of amides is 1. The second-order valence-electron chi connectivity index (χ2n) is 9.70. The number of H-pyrrole nitrogens is 1. The standard InChI is InChI=1S/C30H28F2N6O4/c1-3-4-18-13-22(30(41)38(15-18)21-8-5-19(31)6-9-21)29(40)35-20-7-10-24(23(32)14-20)42-25-11-12-33-27-26(25)28(37-36-27)34-17(2)16-39/h5-15,17,39H,3-4,16H2,1-2H3,(H,35,40)(H2,33,34,36,37). The SMILES string of the molecule is CCCc1cc(C(=O)Nc2ccc(Oc3ccnc4[nH]nc(NC(C)CO)c34)c(F)c2)c(=O)n(-c2ccc(F)cc2)c1. The Bertz CT molecular complexity index is 1800. The maximum absolute atomic E-state index is 15.2. The van der Waals surface area contributed by atoms with Gasteiger partial charge in [0.15, 0.2) is 23.0 Å². The lowest BCUT2D eigenvalue weighted by molar-refractivity contribution is 0.102. The third kappa shape index (κ3) is 5.98. The van der Waals surface area contributed by atoms with Gasteiger partial charge < -0.3 is 20.5 Å². The molecule has 216 valence electrons. The number of aliphatic hydroxyl groups is 1. The number of pyridine rings is 2. The lowest BCUT2D eigenvalue weighted by Crippen LogP contribution is -2.28. The summed E-state index contributed by atoms with van der Waals surface area (Å²) in [5, 5.41) is 22.4. The van der Waals surface area contributed by atoms with Crippen molar-refractivity contribution >= 4 is 28.4 Å². The molecule has 2 aromatic carbocycles. The number of nitrogens with zero attached hydrogens (tertiary/aromatic N) is 3. The topological polar surface area (TPSA) is 134 Å². The minimum atomic E-state index is -0.761. The number of carbonyl (C=O) groups excluding carboxylic acids is 1. The van der Waals surface area contributed by atoms with E-state index in [1.807, 2.05) is 6.92 Å². The Hall–Kier alpha value is -5.10. The van der Waals surface area contributed by atoms with Gasteiger partial charge in [0, 0.05) is 41.9 Å². The number of anilines is 2. The van der Waals surface area contributed by atoms with Crippen molar-refractivity contribution in [3.8, 4) is 17.2 Å². The van der Waals surface area contributed by atoms with Crippen LogP contribution in [0.15, 0.2) is 71.8 Å². The van der Waals surface area contributed by atoms with Crippen molar-refractivity contribution in [1.82, 2.24) is 19.7 Å². The molecule has 0 saturated carbocycles. The Morgan fingerprint density at radius 2 is 1.90 bits per heavy atom. The van der Waals surface area contributed by atoms with E-state index in [4.69, 9.17) is 4.74 Å². The number of hydrogen-bond acceptors (Lipinski definition) is 7. The number of carbonyl (C=O) groups is 1. The van der Waals surface area contributed by atoms with E-state index in [0.29, 0.717) is 29.0 Å². The number of nitrogens with one attached hydrogen (secondary N) is 3. The lowest BCUT2D eigenvalue weighted by atomic mass is 10.1. The van der Waals surface area contributed by atoms with Crippen LogP contribution < -0.4 is 20.9 Å². The molecule has 0 fully saturated rings. The summed E-state index contributed by atoms with van der Waals surface area (Å²) < 4.78 is 35.8. The van der Waals surface area contributed by atoms with E-state index in [1.54, 1.807) is 19.2 Å². The molecule has 5 rings (SSSR count). The van der Waals surface area contributed by atoms with E-state index in [9.17, 15) is 19.1 Å². The van der Waals surface area contributed by atoms with Gasteiger partial charge in [0.2, 0.25) is 0 Å². The van der Waals surface area contributed by atoms with Crippen LogP contribution in [0.2, 0.25) is 0 Å². The van der Waals surface area contributed by atoms with Crippen LogP contribution in [0, 0.1) is 11.6 Å². The fraction of sp³-hybridized carbons (Fsp3) is 0.200. The van der Waals surface area contributed by atoms with E-state index in [0.717, 1.165) is 18.1 Å². The molecule has 3 heterocycles. The number of benzene rings is 2. The molecule has 12 heteroatoms. The summed E-state index contributed by atoms with van der Waals surface area (Å²) in [6.45, 7) is 3.60. The quantitative estimate of drug-likeness (QED) is 0.181. The first kappa shape index (κ1) is 28.4. The Balaban J connectivity index is 1.40. The average Bonchev–Trinajstić information content (AvgIpc) is 3.39. The van der Waals surface area contributed by atoms with Crippen LogP contribution in [-0.2, 0) is 6.42 Å². The van der Waals surface area contributed by atoms with E-state index in [-0.39, 0.29) is 35.4 Å². The second-order valence-corrected chi connectivity index (χ2v) is 9.70. The first-order valence-corrected chi connectivity index (χ1v) is 13.3. The fourth-order valence-electron chi connectivity index (χ4n) is 4.39. The number of aromatic nitrogens is 4. The van der Waals surface area contributed by atoms with Gasteiger partial charge >= 0.3 is 0 Å². The van der Waals surface area contributed by atoms with Crippen LogP contribution in [0.1, 0.15) is 36.2 Å². The number of aryl methyl sites for hydroxylation is 1. The van der Waals surface area contributed by atoms with Crippen LogP contribution in [0.5, 0.6) is 11.5 Å². The summed E-state index contributed by atoms with van der Waals surface area (Å²) in [6, 6.07) is 12.0. The van der Waals surface area contributed by atoms with Gasteiger partial charge in [-0.25, -0.2) is 13.8 Å². The van der Waals surface area contributed by atoms with Crippen molar-refractivity contribution < 1.29 is 23.4 Å². The van der Waals surface area contributed by atoms with Gasteiger partial charge in [0.25, 0.3) is 11.5 Å². The van der Waals surface area contributed by atoms with E-state index >= 15 is 4.39 Å². The minimum Gasteiger partial charge on any atom is -0.453 e. The number of rotatable bonds is 10. The molecule has 0 aliphatic carbocycles. The van der Waals surface area contributed by atoms with Gasteiger partial charge in [0.05, 0.1) is 6.61 Å². The molecule has 5 aromatic rings. The van der Waals surface area contributed by atoms with Gasteiger partial charge in [-0.3, -0.25) is 19.3 Å². The van der Waals surface area contributed by atoms with E-state index in [2.05, 4.69) is 25.8 Å². The molecule has 1 atom stereocenters. The van der Waals surface area contributed by atoms with Crippen LogP contribution in [0.25, 0.3) is 16.7 Å². The molecule has 1 unspecified atom stereocenters. The minimum absolute atomic E-state index is 0.112. The molecule has 0 spiro atoms. The average molecular weight is 575 g/mol. The molecule has 4 N–H and O–H groups in total.